The van der Waals surface area contributed by atoms with Crippen LogP contribution in [0, 0.1) is 0 Å². The van der Waals surface area contributed by atoms with Crippen molar-refractivity contribution in [2.24, 2.45) is 0 Å². The lowest BCUT2D eigenvalue weighted by Crippen LogP contribution is -2.04. The Morgan fingerprint density at radius 2 is 0.870 bits per heavy atom. The van der Waals surface area contributed by atoms with Crippen LogP contribution in [0.15, 0.2) is 194 Å². The Balaban J connectivity index is 1.18. The number of nitrogens with zero attached hydrogens (tertiary/aromatic N) is 4. The number of hydrogen-bond donors (Lipinski definition) is 0. The molecule has 54 heavy (non-hydrogen) atoms. The molecule has 0 spiro atoms. The molecule has 0 aliphatic heterocycles. The van der Waals surface area contributed by atoms with Crippen molar-refractivity contribution in [2.75, 3.05) is 0 Å². The van der Waals surface area contributed by atoms with E-state index in [0.717, 1.165) is 50.2 Å². The van der Waals surface area contributed by atoms with Crippen molar-refractivity contribution >= 4 is 54.4 Å². The van der Waals surface area contributed by atoms with Crippen LogP contribution < -0.4 is 0 Å². The van der Waals surface area contributed by atoms with Crippen LogP contribution in [0.4, 0.5) is 0 Å². The average Bonchev–Trinajstić information content (AvgIpc) is 3.77. The number of hydrogen-bond acceptors (Lipinski definition) is 2. The zero-order chi connectivity index (χ0) is 35.6. The third kappa shape index (κ3) is 4.78. The topological polar surface area (TPSA) is 35.6 Å². The average molecular weight is 689 g/mol. The molecule has 8 aromatic carbocycles. The minimum Gasteiger partial charge on any atom is -0.309 e. The van der Waals surface area contributed by atoms with Gasteiger partial charge in [0.2, 0.25) is 5.95 Å². The van der Waals surface area contributed by atoms with Crippen LogP contribution in [0.2, 0.25) is 0 Å². The highest BCUT2D eigenvalue weighted by molar-refractivity contribution is 6.22. The van der Waals surface area contributed by atoms with Crippen LogP contribution in [0.1, 0.15) is 0 Å². The van der Waals surface area contributed by atoms with Gasteiger partial charge in [0.15, 0.2) is 0 Å². The van der Waals surface area contributed by atoms with E-state index in [2.05, 4.69) is 191 Å². The lowest BCUT2D eigenvalue weighted by Gasteiger charge is -2.12. The summed E-state index contributed by atoms with van der Waals surface area (Å²) in [5.41, 5.74) is 11.9. The Bertz CT molecular complexity index is 3140. The Hall–Kier alpha value is -7.30. The number of benzene rings is 8. The molecular formula is C50H32N4. The van der Waals surface area contributed by atoms with Crippen LogP contribution in [-0.4, -0.2) is 19.1 Å². The number of rotatable bonds is 5. The summed E-state index contributed by atoms with van der Waals surface area (Å²) in [6, 6.07) is 69.0. The van der Waals surface area contributed by atoms with Crippen molar-refractivity contribution in [1.29, 1.82) is 0 Å². The van der Waals surface area contributed by atoms with E-state index in [-0.39, 0.29) is 0 Å². The summed E-state index contributed by atoms with van der Waals surface area (Å²) < 4.78 is 4.63. The van der Waals surface area contributed by atoms with Crippen molar-refractivity contribution < 1.29 is 0 Å². The van der Waals surface area contributed by atoms with Gasteiger partial charge in [-0.2, -0.15) is 0 Å². The molecule has 4 heteroatoms. The second kappa shape index (κ2) is 12.1. The SMILES string of the molecule is c1ccc(-c2cc(-c3ccccc3)nc(-n3c4ccc(-c5ccc6c7ccccc7n(-c7ccccc7)c6c5)cc4c4c5ccccc5ccc43)n2)cc1. The molecule has 0 bridgehead atoms. The van der Waals surface area contributed by atoms with Crippen molar-refractivity contribution in [3.8, 4) is 45.3 Å². The van der Waals surface area contributed by atoms with Crippen LogP contribution in [0.5, 0.6) is 0 Å². The fourth-order valence-corrected chi connectivity index (χ4v) is 8.24. The smallest absolute Gasteiger partial charge is 0.235 e. The second-order valence-corrected chi connectivity index (χ2v) is 13.8. The summed E-state index contributed by atoms with van der Waals surface area (Å²) in [5.74, 6) is 0.645. The Morgan fingerprint density at radius 1 is 0.315 bits per heavy atom. The number of fused-ring (bicyclic) bond motifs is 8. The molecular weight excluding hydrogens is 657 g/mol. The van der Waals surface area contributed by atoms with E-state index < -0.39 is 0 Å². The van der Waals surface area contributed by atoms with E-state index in [1.165, 1.54) is 43.5 Å². The van der Waals surface area contributed by atoms with Gasteiger partial charge in [0, 0.05) is 38.4 Å². The molecule has 0 N–H and O–H groups in total. The third-order valence-corrected chi connectivity index (χ3v) is 10.7. The van der Waals surface area contributed by atoms with E-state index >= 15 is 0 Å². The highest BCUT2D eigenvalue weighted by Crippen LogP contribution is 2.40. The maximum atomic E-state index is 5.28. The zero-order valence-electron chi connectivity index (χ0n) is 29.3. The molecule has 0 amide bonds. The summed E-state index contributed by atoms with van der Waals surface area (Å²) in [6.07, 6.45) is 0. The van der Waals surface area contributed by atoms with Gasteiger partial charge in [0.1, 0.15) is 0 Å². The first-order chi connectivity index (χ1) is 26.8. The fourth-order valence-electron chi connectivity index (χ4n) is 8.24. The highest BCUT2D eigenvalue weighted by Gasteiger charge is 2.20. The molecule has 0 fully saturated rings. The summed E-state index contributed by atoms with van der Waals surface area (Å²) in [7, 11) is 0. The van der Waals surface area contributed by atoms with Crippen LogP contribution in [-0.2, 0) is 0 Å². The van der Waals surface area contributed by atoms with E-state index in [4.69, 9.17) is 9.97 Å². The zero-order valence-corrected chi connectivity index (χ0v) is 29.3. The molecule has 11 aromatic rings. The second-order valence-electron chi connectivity index (χ2n) is 13.8. The van der Waals surface area contributed by atoms with Crippen molar-refractivity contribution in [1.82, 2.24) is 19.1 Å². The van der Waals surface area contributed by atoms with Gasteiger partial charge in [-0.15, -0.1) is 0 Å². The van der Waals surface area contributed by atoms with Gasteiger partial charge in [-0.3, -0.25) is 4.57 Å². The Labute approximate surface area is 311 Å². The van der Waals surface area contributed by atoms with Gasteiger partial charge in [-0.05, 0) is 70.4 Å². The predicted molar refractivity (Wildman–Crippen MR) is 225 cm³/mol. The molecule has 0 saturated heterocycles. The maximum Gasteiger partial charge on any atom is 0.235 e. The molecule has 0 aliphatic rings. The van der Waals surface area contributed by atoms with Gasteiger partial charge in [0.05, 0.1) is 33.5 Å². The fraction of sp³-hybridized carbons (Fsp3) is 0. The van der Waals surface area contributed by atoms with Crippen molar-refractivity contribution in [3.63, 3.8) is 0 Å². The lowest BCUT2D eigenvalue weighted by molar-refractivity contribution is 0.996. The van der Waals surface area contributed by atoms with Crippen molar-refractivity contribution in [3.05, 3.63) is 194 Å². The predicted octanol–water partition coefficient (Wildman–Crippen LogP) is 12.8. The van der Waals surface area contributed by atoms with E-state index in [1.807, 2.05) is 12.1 Å². The number of para-hydroxylation sites is 2. The first-order valence-electron chi connectivity index (χ1n) is 18.3. The van der Waals surface area contributed by atoms with Gasteiger partial charge in [0.25, 0.3) is 0 Å². The molecule has 11 rings (SSSR count). The Morgan fingerprint density at radius 3 is 1.61 bits per heavy atom. The van der Waals surface area contributed by atoms with Crippen LogP contribution >= 0.6 is 0 Å². The molecule has 0 atom stereocenters. The lowest BCUT2D eigenvalue weighted by atomic mass is 9.99. The van der Waals surface area contributed by atoms with Gasteiger partial charge in [-0.25, -0.2) is 9.97 Å². The first kappa shape index (κ1) is 30.3. The van der Waals surface area contributed by atoms with Crippen LogP contribution in [0.3, 0.4) is 0 Å². The first-order valence-corrected chi connectivity index (χ1v) is 18.3. The summed E-state index contributed by atoms with van der Waals surface area (Å²) >= 11 is 0. The normalized spacial score (nSPS) is 11.7. The molecule has 0 saturated carbocycles. The molecule has 0 radical (unpaired) electrons. The molecule has 252 valence electrons. The van der Waals surface area contributed by atoms with Crippen molar-refractivity contribution in [2.45, 2.75) is 0 Å². The van der Waals surface area contributed by atoms with Gasteiger partial charge >= 0.3 is 0 Å². The minimum atomic E-state index is 0.645. The molecule has 3 aromatic heterocycles. The molecule has 3 heterocycles. The number of aromatic nitrogens is 4. The minimum absolute atomic E-state index is 0.645. The third-order valence-electron chi connectivity index (χ3n) is 10.7. The van der Waals surface area contributed by atoms with E-state index in [1.54, 1.807) is 0 Å². The summed E-state index contributed by atoms with van der Waals surface area (Å²) in [6.45, 7) is 0. The Kier molecular flexibility index (Phi) is 6.82. The monoisotopic (exact) mass is 688 g/mol. The molecule has 0 unspecified atom stereocenters. The van der Waals surface area contributed by atoms with E-state index in [0.29, 0.717) is 5.95 Å². The van der Waals surface area contributed by atoms with Gasteiger partial charge in [-0.1, -0.05) is 146 Å². The van der Waals surface area contributed by atoms with E-state index in [9.17, 15) is 0 Å². The maximum absolute atomic E-state index is 5.28. The summed E-state index contributed by atoms with van der Waals surface area (Å²) in [5, 5.41) is 7.26. The summed E-state index contributed by atoms with van der Waals surface area (Å²) in [4.78, 5) is 10.6. The highest BCUT2D eigenvalue weighted by atomic mass is 15.2. The largest absolute Gasteiger partial charge is 0.309 e. The van der Waals surface area contributed by atoms with Crippen LogP contribution in [0.25, 0.3) is 99.7 Å². The van der Waals surface area contributed by atoms with Gasteiger partial charge < -0.3 is 4.57 Å². The molecule has 4 nitrogen and oxygen atoms in total. The molecule has 0 aliphatic carbocycles. The quantitative estimate of drug-likeness (QED) is 0.180. The standard InChI is InChI=1S/C50H32N4/c1-4-15-34(16-5-1)43-32-44(35-17-6-2-7-18-35)52-50(51-43)54-46-28-26-36(30-42(46)49-39-21-11-10-14-33(39)25-29-47(49)54)37-24-27-41-40-22-12-13-23-45(40)53(48(41)31-37)38-19-8-3-9-20-38/h1-32H.